The summed E-state index contributed by atoms with van der Waals surface area (Å²) in [6.07, 6.45) is 0. The minimum atomic E-state index is -4.55. The third-order valence-corrected chi connectivity index (χ3v) is 11.5. The van der Waals surface area contributed by atoms with Gasteiger partial charge in [0.2, 0.25) is 0 Å². The molecular weight excluding hydrogens is 355 g/mol. The average molecular weight is 374 g/mol. The molecule has 0 saturated heterocycles. The minimum absolute atomic E-state index is 0.596. The molecule has 0 atom stereocenters. The van der Waals surface area contributed by atoms with Crippen LogP contribution >= 0.6 is 16.4 Å². The molecule has 0 aliphatic heterocycles. The van der Waals surface area contributed by atoms with Crippen LogP contribution in [0.25, 0.3) is 0 Å². The second-order valence-electron chi connectivity index (χ2n) is 5.37. The number of hydrogen-bond donors (Lipinski definition) is 2. The standard InChI is InChI=1S/C19H19O4PS/c1-23-16-12-14-19(15-13-16)25(24(20,21)22,17-8-4-2-5-9-17)18-10-6-3-7-11-18/h2-15H,1H3,(H2,20,21,22). The molecule has 130 valence electrons. The lowest BCUT2D eigenvalue weighted by Gasteiger charge is -2.41. The molecule has 0 heterocycles. The first-order chi connectivity index (χ1) is 12.0. The molecule has 3 aromatic rings. The van der Waals surface area contributed by atoms with Gasteiger partial charge in [-0.3, -0.25) is 0 Å². The van der Waals surface area contributed by atoms with E-state index in [0.29, 0.717) is 20.4 Å². The van der Waals surface area contributed by atoms with E-state index in [0.717, 1.165) is 0 Å². The quantitative estimate of drug-likeness (QED) is 0.612. The molecule has 0 spiro atoms. The van der Waals surface area contributed by atoms with Gasteiger partial charge < -0.3 is 14.5 Å². The highest BCUT2D eigenvalue weighted by Gasteiger charge is 2.46. The average Bonchev–Trinajstić information content (AvgIpc) is 2.63. The maximum absolute atomic E-state index is 12.9. The Morgan fingerprint density at radius 1 is 0.720 bits per heavy atom. The fourth-order valence-electron chi connectivity index (χ4n) is 2.83. The van der Waals surface area contributed by atoms with Gasteiger partial charge in [0, 0.05) is 14.7 Å². The van der Waals surface area contributed by atoms with Crippen LogP contribution in [-0.4, -0.2) is 16.9 Å². The number of rotatable bonds is 5. The lowest BCUT2D eigenvalue weighted by atomic mass is 10.3. The highest BCUT2D eigenvalue weighted by atomic mass is 32.8. The van der Waals surface area contributed by atoms with Crippen LogP contribution in [0.4, 0.5) is 0 Å². The van der Waals surface area contributed by atoms with E-state index >= 15 is 0 Å². The van der Waals surface area contributed by atoms with Crippen LogP contribution in [0.1, 0.15) is 0 Å². The van der Waals surface area contributed by atoms with Crippen LogP contribution in [0.3, 0.4) is 0 Å². The SMILES string of the molecule is COc1ccc(S(c2ccccc2)(c2ccccc2)P(=O)(O)O)cc1. The van der Waals surface area contributed by atoms with Gasteiger partial charge >= 0.3 is 6.80 Å². The summed E-state index contributed by atoms with van der Waals surface area (Å²) in [5.74, 6) is 0.642. The molecule has 0 aliphatic rings. The molecule has 4 nitrogen and oxygen atoms in total. The van der Waals surface area contributed by atoms with Crippen LogP contribution < -0.4 is 4.74 Å². The first-order valence-electron chi connectivity index (χ1n) is 7.63. The van der Waals surface area contributed by atoms with E-state index in [1.54, 1.807) is 79.9 Å². The Labute approximate surface area is 148 Å². The van der Waals surface area contributed by atoms with Crippen LogP contribution in [0.2, 0.25) is 0 Å². The first kappa shape index (κ1) is 17.8. The largest absolute Gasteiger partial charge is 0.497 e. The van der Waals surface area contributed by atoms with Gasteiger partial charge in [0.25, 0.3) is 0 Å². The molecule has 0 amide bonds. The Bertz CT molecular complexity index is 837. The molecule has 3 aromatic carbocycles. The fraction of sp³-hybridized carbons (Fsp3) is 0.0526. The number of hydrogen-bond acceptors (Lipinski definition) is 2. The molecular formula is C19H19O4PS. The Morgan fingerprint density at radius 3 is 1.48 bits per heavy atom. The molecule has 0 unspecified atom stereocenters. The summed E-state index contributed by atoms with van der Waals surface area (Å²) in [7, 11) is -1.20. The second kappa shape index (κ2) is 7.06. The topological polar surface area (TPSA) is 66.8 Å². The minimum Gasteiger partial charge on any atom is -0.497 e. The summed E-state index contributed by atoms with van der Waals surface area (Å²) in [6, 6.07) is 25.0. The summed E-state index contributed by atoms with van der Waals surface area (Å²) >= 11 is 0. The smallest absolute Gasteiger partial charge is 0.378 e. The van der Waals surface area contributed by atoms with Crippen molar-refractivity contribution in [2.24, 2.45) is 0 Å². The van der Waals surface area contributed by atoms with Crippen molar-refractivity contribution in [3.8, 4) is 5.75 Å². The van der Waals surface area contributed by atoms with Crippen LogP contribution in [0.15, 0.2) is 99.6 Å². The van der Waals surface area contributed by atoms with E-state index in [1.807, 2.05) is 12.1 Å². The summed E-state index contributed by atoms with van der Waals surface area (Å²) in [4.78, 5) is 22.9. The fourth-order valence-corrected chi connectivity index (χ4v) is 9.67. The van der Waals surface area contributed by atoms with Crippen molar-refractivity contribution < 1.29 is 19.1 Å². The van der Waals surface area contributed by atoms with Gasteiger partial charge in [-0.2, -0.15) is 0 Å². The van der Waals surface area contributed by atoms with E-state index in [4.69, 9.17) is 4.74 Å². The summed E-state index contributed by atoms with van der Waals surface area (Å²) in [5.41, 5.74) is 0. The zero-order valence-electron chi connectivity index (χ0n) is 13.6. The molecule has 0 fully saturated rings. The second-order valence-corrected chi connectivity index (χ2v) is 12.0. The Morgan fingerprint density at radius 2 is 1.12 bits per heavy atom. The molecule has 0 aromatic heterocycles. The van der Waals surface area contributed by atoms with Gasteiger partial charge in [0.15, 0.2) is 0 Å². The summed E-state index contributed by atoms with van der Waals surface area (Å²) in [6.45, 7) is -4.55. The Hall–Kier alpha value is -2.04. The van der Waals surface area contributed by atoms with Gasteiger partial charge in [-0.25, -0.2) is 4.57 Å². The maximum atomic E-state index is 12.9. The predicted octanol–water partition coefficient (Wildman–Crippen LogP) is 5.07. The van der Waals surface area contributed by atoms with Crippen LogP contribution in [-0.2, 0) is 4.57 Å². The molecule has 3 rings (SSSR count). The highest BCUT2D eigenvalue weighted by Crippen LogP contribution is 2.88. The molecule has 0 aliphatic carbocycles. The van der Waals surface area contributed by atoms with Gasteiger partial charge in [0.05, 0.1) is 7.11 Å². The zero-order valence-corrected chi connectivity index (χ0v) is 15.4. The van der Waals surface area contributed by atoms with E-state index in [1.165, 1.54) is 0 Å². The summed E-state index contributed by atoms with van der Waals surface area (Å²) in [5, 5.41) is 0. The van der Waals surface area contributed by atoms with E-state index in [-0.39, 0.29) is 0 Å². The highest BCUT2D eigenvalue weighted by molar-refractivity contribution is 8.76. The van der Waals surface area contributed by atoms with Crippen molar-refractivity contribution >= 4 is 16.4 Å². The van der Waals surface area contributed by atoms with Crippen LogP contribution in [0.5, 0.6) is 5.75 Å². The van der Waals surface area contributed by atoms with Crippen LogP contribution in [0, 0.1) is 0 Å². The predicted molar refractivity (Wildman–Crippen MR) is 100 cm³/mol. The molecule has 0 radical (unpaired) electrons. The number of methoxy groups -OCH3 is 1. The third-order valence-electron chi connectivity index (χ3n) is 3.93. The molecule has 6 heteroatoms. The van der Waals surface area contributed by atoms with Gasteiger partial charge in [-0.05, 0) is 48.5 Å². The van der Waals surface area contributed by atoms with Crippen molar-refractivity contribution in [1.82, 2.24) is 0 Å². The van der Waals surface area contributed by atoms with E-state index < -0.39 is 16.4 Å². The number of benzene rings is 3. The third kappa shape index (κ3) is 3.12. The Balaban J connectivity index is 2.39. The lowest BCUT2D eigenvalue weighted by molar-refractivity contribution is 0.395. The first-order valence-corrected chi connectivity index (χ1v) is 11.5. The summed E-state index contributed by atoms with van der Waals surface area (Å²) < 4.78 is 18.1. The zero-order chi connectivity index (χ0) is 17.9. The monoisotopic (exact) mass is 374 g/mol. The van der Waals surface area contributed by atoms with Gasteiger partial charge in [0.1, 0.15) is 5.75 Å². The van der Waals surface area contributed by atoms with Gasteiger partial charge in [-0.1, -0.05) is 46.0 Å². The lowest BCUT2D eigenvalue weighted by Crippen LogP contribution is -2.04. The Kier molecular flexibility index (Phi) is 5.02. The maximum Gasteiger partial charge on any atom is 0.378 e. The van der Waals surface area contributed by atoms with E-state index in [9.17, 15) is 14.4 Å². The number of ether oxygens (including phenoxy) is 1. The van der Waals surface area contributed by atoms with Crippen molar-refractivity contribution in [3.05, 3.63) is 84.9 Å². The van der Waals surface area contributed by atoms with Crippen molar-refractivity contribution in [2.45, 2.75) is 14.7 Å². The molecule has 0 bridgehead atoms. The normalized spacial score (nSPS) is 12.6. The van der Waals surface area contributed by atoms with Crippen molar-refractivity contribution in [2.75, 3.05) is 7.11 Å². The van der Waals surface area contributed by atoms with Crippen molar-refractivity contribution in [1.29, 1.82) is 0 Å². The van der Waals surface area contributed by atoms with Crippen molar-refractivity contribution in [3.63, 3.8) is 0 Å². The molecule has 25 heavy (non-hydrogen) atoms. The van der Waals surface area contributed by atoms with E-state index in [2.05, 4.69) is 0 Å². The van der Waals surface area contributed by atoms with Gasteiger partial charge in [-0.15, -0.1) is 0 Å². The molecule has 0 saturated carbocycles. The molecule has 2 N–H and O–H groups in total.